The van der Waals surface area contributed by atoms with Crippen molar-refractivity contribution in [3.8, 4) is 5.75 Å². The highest BCUT2D eigenvalue weighted by Crippen LogP contribution is 2.26. The molecular weight excluding hydrogens is 210 g/mol. The molecule has 0 aromatic heterocycles. The summed E-state index contributed by atoms with van der Waals surface area (Å²) in [7, 11) is 0. The number of hydrogen-bond donors (Lipinski definition) is 1. The van der Waals surface area contributed by atoms with E-state index < -0.39 is 0 Å². The van der Waals surface area contributed by atoms with Crippen molar-refractivity contribution in [2.45, 2.75) is 58.6 Å². The monoisotopic (exact) mass is 235 g/mol. The maximum atomic E-state index is 5.88. The Morgan fingerprint density at radius 3 is 2.41 bits per heavy atom. The molecule has 0 fully saturated rings. The van der Waals surface area contributed by atoms with Gasteiger partial charge in [0.2, 0.25) is 0 Å². The maximum absolute atomic E-state index is 5.88. The number of nitrogens with two attached hydrogens (primary N) is 1. The molecule has 0 amide bonds. The van der Waals surface area contributed by atoms with Crippen LogP contribution in [0.15, 0.2) is 24.3 Å². The highest BCUT2D eigenvalue weighted by molar-refractivity contribution is 5.32. The Bertz CT molecular complexity index is 352. The number of benzene rings is 1. The van der Waals surface area contributed by atoms with Gasteiger partial charge in [0.1, 0.15) is 5.75 Å². The molecule has 2 atom stereocenters. The Morgan fingerprint density at radius 1 is 1.24 bits per heavy atom. The number of hydrogen-bond acceptors (Lipinski definition) is 2. The zero-order valence-electron chi connectivity index (χ0n) is 11.7. The van der Waals surface area contributed by atoms with Crippen molar-refractivity contribution in [3.63, 3.8) is 0 Å². The zero-order valence-corrected chi connectivity index (χ0v) is 11.7. The van der Waals surface area contributed by atoms with E-state index in [-0.39, 0.29) is 17.6 Å². The van der Waals surface area contributed by atoms with Crippen LogP contribution in [0.3, 0.4) is 0 Å². The van der Waals surface area contributed by atoms with Gasteiger partial charge in [0.25, 0.3) is 0 Å². The van der Waals surface area contributed by atoms with Crippen LogP contribution in [0.2, 0.25) is 0 Å². The smallest absolute Gasteiger partial charge is 0.119 e. The Morgan fingerprint density at radius 2 is 1.88 bits per heavy atom. The topological polar surface area (TPSA) is 35.2 Å². The number of ether oxygens (including phenoxy) is 1. The van der Waals surface area contributed by atoms with Crippen LogP contribution in [-0.4, -0.2) is 12.1 Å². The largest absolute Gasteiger partial charge is 0.491 e. The molecule has 17 heavy (non-hydrogen) atoms. The molecular formula is C15H25NO. The lowest BCUT2D eigenvalue weighted by Gasteiger charge is -2.21. The van der Waals surface area contributed by atoms with E-state index in [1.807, 2.05) is 13.0 Å². The molecule has 0 aliphatic rings. The van der Waals surface area contributed by atoms with Crippen molar-refractivity contribution in [1.82, 2.24) is 0 Å². The summed E-state index contributed by atoms with van der Waals surface area (Å²) in [5, 5.41) is 0. The Balaban J connectivity index is 2.72. The fourth-order valence-corrected chi connectivity index (χ4v) is 1.84. The van der Waals surface area contributed by atoms with Gasteiger partial charge in [0.05, 0.1) is 6.10 Å². The predicted octanol–water partition coefficient (Wildman–Crippen LogP) is 3.49. The molecule has 2 unspecified atom stereocenters. The highest BCUT2D eigenvalue weighted by atomic mass is 16.5. The van der Waals surface area contributed by atoms with Gasteiger partial charge >= 0.3 is 0 Å². The minimum absolute atomic E-state index is 0.157. The second kappa shape index (κ2) is 5.54. The normalized spacial score (nSPS) is 15.4. The first-order valence-corrected chi connectivity index (χ1v) is 6.32. The molecule has 0 heterocycles. The van der Waals surface area contributed by atoms with Crippen molar-refractivity contribution in [3.05, 3.63) is 29.8 Å². The predicted molar refractivity (Wildman–Crippen MR) is 73.5 cm³/mol. The van der Waals surface area contributed by atoms with Gasteiger partial charge in [-0.2, -0.15) is 0 Å². The van der Waals surface area contributed by atoms with Crippen LogP contribution in [-0.2, 0) is 5.41 Å². The molecule has 2 nitrogen and oxygen atoms in total. The van der Waals surface area contributed by atoms with Crippen LogP contribution in [0, 0.1) is 0 Å². The van der Waals surface area contributed by atoms with E-state index >= 15 is 0 Å². The first-order chi connectivity index (χ1) is 7.79. The first kappa shape index (κ1) is 14.0. The van der Waals surface area contributed by atoms with E-state index in [1.165, 1.54) is 5.56 Å². The lowest BCUT2D eigenvalue weighted by Crippen LogP contribution is -2.24. The van der Waals surface area contributed by atoms with E-state index in [9.17, 15) is 0 Å². The third kappa shape index (κ3) is 4.78. The average Bonchev–Trinajstić information content (AvgIpc) is 2.15. The lowest BCUT2D eigenvalue weighted by molar-refractivity contribution is 0.202. The molecule has 1 rings (SSSR count). The standard InChI is InChI=1S/C15H25NO/c1-11(16)9-12(2)17-14-8-6-7-13(10-14)15(3,4)5/h6-8,10-12H,9,16H2,1-5H3. The first-order valence-electron chi connectivity index (χ1n) is 6.32. The van der Waals surface area contributed by atoms with Gasteiger partial charge in [-0.3, -0.25) is 0 Å². The van der Waals surface area contributed by atoms with Gasteiger partial charge in [-0.15, -0.1) is 0 Å². The molecule has 0 saturated carbocycles. The molecule has 0 aliphatic carbocycles. The van der Waals surface area contributed by atoms with E-state index in [0.29, 0.717) is 0 Å². The van der Waals surface area contributed by atoms with Crippen molar-refractivity contribution in [2.75, 3.05) is 0 Å². The third-order valence-corrected chi connectivity index (χ3v) is 2.74. The SMILES string of the molecule is CC(N)CC(C)Oc1cccc(C(C)(C)C)c1. The molecule has 1 aromatic carbocycles. The molecule has 2 heteroatoms. The van der Waals surface area contributed by atoms with Gasteiger partial charge < -0.3 is 10.5 Å². The van der Waals surface area contributed by atoms with Crippen LogP contribution < -0.4 is 10.5 Å². The van der Waals surface area contributed by atoms with Crippen LogP contribution in [0.4, 0.5) is 0 Å². The summed E-state index contributed by atoms with van der Waals surface area (Å²) in [6.07, 6.45) is 1.03. The lowest BCUT2D eigenvalue weighted by atomic mass is 9.87. The summed E-state index contributed by atoms with van der Waals surface area (Å²) < 4.78 is 5.88. The molecule has 1 aromatic rings. The Hall–Kier alpha value is -1.02. The summed E-state index contributed by atoms with van der Waals surface area (Å²) >= 11 is 0. The van der Waals surface area contributed by atoms with Crippen LogP contribution in [0.1, 0.15) is 46.6 Å². The molecule has 0 saturated heterocycles. The summed E-state index contributed by atoms with van der Waals surface area (Å²) in [6.45, 7) is 10.7. The molecule has 0 radical (unpaired) electrons. The average molecular weight is 235 g/mol. The van der Waals surface area contributed by atoms with E-state index in [0.717, 1.165) is 12.2 Å². The molecule has 96 valence electrons. The Labute approximate surface area is 105 Å². The summed E-state index contributed by atoms with van der Waals surface area (Å²) in [4.78, 5) is 0. The van der Waals surface area contributed by atoms with Crippen molar-refractivity contribution < 1.29 is 4.74 Å². The minimum atomic E-state index is 0.157. The Kier molecular flexibility index (Phi) is 4.58. The summed E-state index contributed by atoms with van der Waals surface area (Å²) in [5.41, 5.74) is 7.22. The second-order valence-corrected chi connectivity index (χ2v) is 5.92. The molecule has 0 spiro atoms. The van der Waals surface area contributed by atoms with Crippen molar-refractivity contribution in [2.24, 2.45) is 5.73 Å². The third-order valence-electron chi connectivity index (χ3n) is 2.74. The summed E-state index contributed by atoms with van der Waals surface area (Å²) in [6, 6.07) is 8.50. The van der Waals surface area contributed by atoms with Gasteiger partial charge in [-0.25, -0.2) is 0 Å². The van der Waals surface area contributed by atoms with Gasteiger partial charge in [-0.1, -0.05) is 32.9 Å². The van der Waals surface area contributed by atoms with Crippen LogP contribution in [0.5, 0.6) is 5.75 Å². The second-order valence-electron chi connectivity index (χ2n) is 5.92. The highest BCUT2D eigenvalue weighted by Gasteiger charge is 2.14. The van der Waals surface area contributed by atoms with Crippen molar-refractivity contribution >= 4 is 0 Å². The number of rotatable bonds is 4. The minimum Gasteiger partial charge on any atom is -0.491 e. The molecule has 0 bridgehead atoms. The van der Waals surface area contributed by atoms with E-state index in [1.54, 1.807) is 0 Å². The summed E-state index contributed by atoms with van der Waals surface area (Å²) in [5.74, 6) is 0.936. The molecule has 0 aliphatic heterocycles. The fraction of sp³-hybridized carbons (Fsp3) is 0.600. The van der Waals surface area contributed by atoms with Crippen LogP contribution >= 0.6 is 0 Å². The molecule has 2 N–H and O–H groups in total. The fourth-order valence-electron chi connectivity index (χ4n) is 1.84. The van der Waals surface area contributed by atoms with E-state index in [4.69, 9.17) is 10.5 Å². The quantitative estimate of drug-likeness (QED) is 0.867. The zero-order chi connectivity index (χ0) is 13.1. The van der Waals surface area contributed by atoms with Crippen LogP contribution in [0.25, 0.3) is 0 Å². The van der Waals surface area contributed by atoms with E-state index in [2.05, 4.69) is 45.9 Å². The van der Waals surface area contributed by atoms with Gasteiger partial charge in [0.15, 0.2) is 0 Å². The van der Waals surface area contributed by atoms with Gasteiger partial charge in [0, 0.05) is 6.04 Å². The van der Waals surface area contributed by atoms with Gasteiger partial charge in [-0.05, 0) is 43.4 Å². The maximum Gasteiger partial charge on any atom is 0.119 e. The van der Waals surface area contributed by atoms with Crippen molar-refractivity contribution in [1.29, 1.82) is 0 Å².